The van der Waals surface area contributed by atoms with Crippen LogP contribution in [-0.4, -0.2) is 51.8 Å². The van der Waals surface area contributed by atoms with Gasteiger partial charge in [-0.2, -0.15) is 23.5 Å². The summed E-state index contributed by atoms with van der Waals surface area (Å²) in [6.45, 7) is 0.810. The van der Waals surface area contributed by atoms with Crippen molar-refractivity contribution in [2.75, 3.05) is 23.9 Å². The van der Waals surface area contributed by atoms with E-state index in [4.69, 9.17) is 15.6 Å². The summed E-state index contributed by atoms with van der Waals surface area (Å²) >= 11 is 3.71. The zero-order valence-electron chi connectivity index (χ0n) is 10.5. The summed E-state index contributed by atoms with van der Waals surface area (Å²) < 4.78 is 6.02. The monoisotopic (exact) mass is 291 g/mol. The van der Waals surface area contributed by atoms with Gasteiger partial charge in [-0.25, -0.2) is 0 Å². The van der Waals surface area contributed by atoms with Gasteiger partial charge < -0.3 is 15.6 Å². The summed E-state index contributed by atoms with van der Waals surface area (Å²) in [5, 5.41) is 9.29. The van der Waals surface area contributed by atoms with Crippen LogP contribution < -0.4 is 5.73 Å². The van der Waals surface area contributed by atoms with E-state index in [1.165, 1.54) is 11.5 Å². The number of nitrogens with two attached hydrogens (primary N) is 1. The topological polar surface area (TPSA) is 72.5 Å². The van der Waals surface area contributed by atoms with E-state index in [9.17, 15) is 4.79 Å². The number of thioether (sulfide) groups is 2. The molecule has 0 aromatic carbocycles. The van der Waals surface area contributed by atoms with Crippen molar-refractivity contribution in [1.29, 1.82) is 0 Å². The predicted octanol–water partition coefficient (Wildman–Crippen LogP) is 1.58. The summed E-state index contributed by atoms with van der Waals surface area (Å²) in [6.07, 6.45) is 4.36. The van der Waals surface area contributed by atoms with Crippen LogP contribution in [0.2, 0.25) is 0 Å². The molecule has 0 bridgehead atoms. The molecule has 0 aromatic heterocycles. The molecule has 18 heavy (non-hydrogen) atoms. The number of carbonyl (C=O) groups is 1. The quantitative estimate of drug-likeness (QED) is 0.819. The molecule has 0 amide bonds. The fourth-order valence-electron chi connectivity index (χ4n) is 2.53. The fourth-order valence-corrected chi connectivity index (χ4v) is 5.07. The van der Waals surface area contributed by atoms with Gasteiger partial charge in [0, 0.05) is 17.6 Å². The molecule has 2 saturated heterocycles. The van der Waals surface area contributed by atoms with Crippen LogP contribution in [0.3, 0.4) is 0 Å². The minimum Gasteiger partial charge on any atom is -0.480 e. The molecule has 1 spiro atoms. The lowest BCUT2D eigenvalue weighted by molar-refractivity contribution is -0.137. The molecule has 2 rings (SSSR count). The summed E-state index contributed by atoms with van der Waals surface area (Å²) in [5.41, 5.74) is 5.63. The van der Waals surface area contributed by atoms with Gasteiger partial charge in [-0.15, -0.1) is 0 Å². The predicted molar refractivity (Wildman–Crippen MR) is 76.3 cm³/mol. The highest BCUT2D eigenvalue weighted by atomic mass is 32.2. The molecule has 0 radical (unpaired) electrons. The molecule has 2 aliphatic rings. The van der Waals surface area contributed by atoms with Gasteiger partial charge in [-0.3, -0.25) is 4.79 Å². The Bertz CT molecular complexity index is 290. The Labute approximate surface area is 116 Å². The van der Waals surface area contributed by atoms with Gasteiger partial charge in [0.25, 0.3) is 0 Å². The van der Waals surface area contributed by atoms with Crippen molar-refractivity contribution in [2.45, 2.75) is 42.6 Å². The van der Waals surface area contributed by atoms with E-state index in [1.807, 2.05) is 11.8 Å². The maximum absolute atomic E-state index is 10.7. The van der Waals surface area contributed by atoms with Crippen LogP contribution in [0.5, 0.6) is 0 Å². The molecule has 2 unspecified atom stereocenters. The number of hydrogen-bond donors (Lipinski definition) is 2. The number of carboxylic acids is 1. The average Bonchev–Trinajstić information content (AvgIpc) is 2.37. The van der Waals surface area contributed by atoms with Crippen LogP contribution in [-0.2, 0) is 9.53 Å². The van der Waals surface area contributed by atoms with E-state index in [0.29, 0.717) is 11.0 Å². The Hall–Kier alpha value is 0.0900. The normalized spacial score (nSPS) is 29.1. The highest BCUT2D eigenvalue weighted by Crippen LogP contribution is 2.40. The van der Waals surface area contributed by atoms with E-state index in [1.54, 1.807) is 11.8 Å². The molecule has 2 aliphatic heterocycles. The van der Waals surface area contributed by atoms with Crippen LogP contribution >= 0.6 is 23.5 Å². The van der Waals surface area contributed by atoms with Crippen LogP contribution in [0.4, 0.5) is 0 Å². The van der Waals surface area contributed by atoms with Crippen molar-refractivity contribution >= 4 is 29.5 Å². The van der Waals surface area contributed by atoms with Crippen molar-refractivity contribution in [1.82, 2.24) is 0 Å². The summed E-state index contributed by atoms with van der Waals surface area (Å²) in [5.74, 6) is 1.97. The van der Waals surface area contributed by atoms with Crippen molar-refractivity contribution in [3.63, 3.8) is 0 Å². The van der Waals surface area contributed by atoms with E-state index < -0.39 is 12.0 Å². The lowest BCUT2D eigenvalue weighted by Crippen LogP contribution is -2.44. The molecule has 2 atom stereocenters. The van der Waals surface area contributed by atoms with Crippen LogP contribution in [0.15, 0.2) is 0 Å². The van der Waals surface area contributed by atoms with Gasteiger partial charge in [0.2, 0.25) is 0 Å². The Morgan fingerprint density at radius 1 is 1.56 bits per heavy atom. The van der Waals surface area contributed by atoms with Crippen LogP contribution in [0.1, 0.15) is 25.7 Å². The van der Waals surface area contributed by atoms with Crippen molar-refractivity contribution in [3.05, 3.63) is 0 Å². The molecular formula is C12H21NO3S2. The third-order valence-electron chi connectivity index (χ3n) is 3.68. The Kier molecular flexibility index (Phi) is 5.24. The Balaban J connectivity index is 1.81. The van der Waals surface area contributed by atoms with E-state index >= 15 is 0 Å². The van der Waals surface area contributed by atoms with Crippen LogP contribution in [0.25, 0.3) is 0 Å². The maximum atomic E-state index is 10.7. The smallest absolute Gasteiger partial charge is 0.321 e. The molecule has 2 heterocycles. The van der Waals surface area contributed by atoms with Gasteiger partial charge in [-0.1, -0.05) is 0 Å². The molecule has 0 saturated carbocycles. The number of rotatable bonds is 4. The van der Waals surface area contributed by atoms with E-state index in [-0.39, 0.29) is 5.60 Å². The zero-order valence-corrected chi connectivity index (χ0v) is 12.1. The number of carboxylic acid groups (broad SMARTS) is 1. The molecule has 4 nitrogen and oxygen atoms in total. The minimum atomic E-state index is -0.904. The van der Waals surface area contributed by atoms with Gasteiger partial charge in [0.1, 0.15) is 6.04 Å². The molecule has 6 heteroatoms. The third kappa shape index (κ3) is 3.79. The second-order valence-electron chi connectivity index (χ2n) is 5.04. The minimum absolute atomic E-state index is 0.0779. The molecular weight excluding hydrogens is 270 g/mol. The van der Waals surface area contributed by atoms with E-state index in [2.05, 4.69) is 0 Å². The second-order valence-corrected chi connectivity index (χ2v) is 7.59. The first-order valence-corrected chi connectivity index (χ1v) is 8.63. The van der Waals surface area contributed by atoms with Crippen molar-refractivity contribution in [3.8, 4) is 0 Å². The molecule has 0 aromatic rings. The number of ether oxygens (including phenoxy) is 1. The summed E-state index contributed by atoms with van der Waals surface area (Å²) in [4.78, 5) is 10.7. The van der Waals surface area contributed by atoms with E-state index in [0.717, 1.165) is 32.3 Å². The zero-order chi connectivity index (χ0) is 13.0. The average molecular weight is 291 g/mol. The Morgan fingerprint density at radius 2 is 2.28 bits per heavy atom. The highest BCUT2D eigenvalue weighted by molar-refractivity contribution is 8.00. The largest absolute Gasteiger partial charge is 0.480 e. The first kappa shape index (κ1) is 14.5. The Morgan fingerprint density at radius 3 is 2.94 bits per heavy atom. The summed E-state index contributed by atoms with van der Waals surface area (Å²) in [7, 11) is 0. The standard InChI is InChI=1S/C12H21NO3S2/c13-10(11(14)15)8-18-9-1-4-16-12(7-9)2-5-17-6-3-12/h9-10H,1-8,13H2,(H,14,15). The van der Waals surface area contributed by atoms with Gasteiger partial charge in [0.05, 0.1) is 5.60 Å². The second kappa shape index (κ2) is 6.50. The van der Waals surface area contributed by atoms with Crippen molar-refractivity contribution in [2.24, 2.45) is 5.73 Å². The van der Waals surface area contributed by atoms with Crippen molar-refractivity contribution < 1.29 is 14.6 Å². The molecule has 3 N–H and O–H groups in total. The number of hydrogen-bond acceptors (Lipinski definition) is 5. The van der Waals surface area contributed by atoms with Gasteiger partial charge in [0.15, 0.2) is 0 Å². The van der Waals surface area contributed by atoms with Gasteiger partial charge >= 0.3 is 5.97 Å². The molecule has 104 valence electrons. The fraction of sp³-hybridized carbons (Fsp3) is 0.917. The first-order chi connectivity index (χ1) is 8.61. The lowest BCUT2D eigenvalue weighted by atomic mass is 9.88. The lowest BCUT2D eigenvalue weighted by Gasteiger charge is -2.43. The maximum Gasteiger partial charge on any atom is 0.321 e. The van der Waals surface area contributed by atoms with Crippen LogP contribution in [0, 0.1) is 0 Å². The van der Waals surface area contributed by atoms with Gasteiger partial charge in [-0.05, 0) is 37.2 Å². The highest BCUT2D eigenvalue weighted by Gasteiger charge is 2.38. The molecule has 2 fully saturated rings. The SMILES string of the molecule is NC(CSC1CCOC2(CCSCC2)C1)C(=O)O. The number of aliphatic carboxylic acids is 1. The third-order valence-corrected chi connectivity index (χ3v) is 6.09. The first-order valence-electron chi connectivity index (χ1n) is 6.43. The summed E-state index contributed by atoms with van der Waals surface area (Å²) in [6, 6.07) is -0.740. The molecule has 0 aliphatic carbocycles.